The Morgan fingerprint density at radius 3 is 2.42 bits per heavy atom. The van der Waals surface area contributed by atoms with Gasteiger partial charge in [-0.05, 0) is 22.6 Å². The Morgan fingerprint density at radius 1 is 1.12 bits per heavy atom. The highest BCUT2D eigenvalue weighted by atomic mass is 32.2. The maximum absolute atomic E-state index is 13.4. The molecule has 0 unspecified atom stereocenters. The van der Waals surface area contributed by atoms with E-state index in [0.717, 1.165) is 12.1 Å². The van der Waals surface area contributed by atoms with Crippen molar-refractivity contribution >= 4 is 10.2 Å². The summed E-state index contributed by atoms with van der Waals surface area (Å²) < 4.78 is 54.8. The van der Waals surface area contributed by atoms with E-state index >= 15 is 0 Å². The first-order valence-corrected chi connectivity index (χ1v) is 9.31. The molecule has 1 fully saturated rings. The van der Waals surface area contributed by atoms with E-state index in [1.807, 2.05) is 4.90 Å². The van der Waals surface area contributed by atoms with Gasteiger partial charge < -0.3 is 0 Å². The Hall–Kier alpha value is -2.02. The van der Waals surface area contributed by atoms with Gasteiger partial charge in [-0.15, -0.1) is 5.10 Å². The summed E-state index contributed by atoms with van der Waals surface area (Å²) >= 11 is 0. The van der Waals surface area contributed by atoms with Gasteiger partial charge in [0.05, 0.1) is 12.2 Å². The number of nitrogens with zero attached hydrogens (tertiary/aromatic N) is 7. The van der Waals surface area contributed by atoms with Crippen LogP contribution < -0.4 is 0 Å². The summed E-state index contributed by atoms with van der Waals surface area (Å²) in [6.45, 7) is 2.10. The highest BCUT2D eigenvalue weighted by molar-refractivity contribution is 7.86. The first kappa shape index (κ1) is 18.8. The number of aromatic nitrogens is 4. The van der Waals surface area contributed by atoms with Crippen molar-refractivity contribution in [3.05, 3.63) is 35.7 Å². The van der Waals surface area contributed by atoms with E-state index in [1.54, 1.807) is 0 Å². The Morgan fingerprint density at radius 2 is 1.81 bits per heavy atom. The van der Waals surface area contributed by atoms with Crippen LogP contribution in [0.4, 0.5) is 8.78 Å². The van der Waals surface area contributed by atoms with Gasteiger partial charge in [-0.2, -0.15) is 21.7 Å². The lowest BCUT2D eigenvalue weighted by Crippen LogP contribution is -2.51. The molecule has 1 aliphatic rings. The Kier molecular flexibility index (Phi) is 5.27. The smallest absolute Gasteiger partial charge is 0.281 e. The summed E-state index contributed by atoms with van der Waals surface area (Å²) in [4.78, 5) is 2.00. The maximum Gasteiger partial charge on any atom is 0.281 e. The normalized spacial score (nSPS) is 17.1. The molecule has 1 saturated heterocycles. The third-order valence-corrected chi connectivity index (χ3v) is 6.11. The molecule has 0 spiro atoms. The molecule has 0 aliphatic carbocycles. The van der Waals surface area contributed by atoms with E-state index < -0.39 is 21.8 Å². The van der Waals surface area contributed by atoms with Gasteiger partial charge in [-0.1, -0.05) is 0 Å². The number of halogens is 2. The summed E-state index contributed by atoms with van der Waals surface area (Å²) in [6.07, 6.45) is 0. The van der Waals surface area contributed by atoms with Crippen molar-refractivity contribution in [2.24, 2.45) is 0 Å². The van der Waals surface area contributed by atoms with Crippen LogP contribution in [-0.2, 0) is 16.8 Å². The van der Waals surface area contributed by atoms with Gasteiger partial charge in [-0.3, -0.25) is 4.90 Å². The number of hydrogen-bond donors (Lipinski definition) is 0. The molecule has 12 heteroatoms. The minimum Gasteiger partial charge on any atom is -0.293 e. The van der Waals surface area contributed by atoms with Crippen LogP contribution in [0.25, 0.3) is 5.69 Å². The molecular weight excluding hydrogens is 368 g/mol. The van der Waals surface area contributed by atoms with E-state index in [1.165, 1.54) is 33.5 Å². The standard InChI is InChI=1S/C14H19F2N7O2S/c1-20(2)26(24,25)22-7-5-21(6-8-22)10-14-17-18-19-23(14)11-3-4-12(15)13(16)9-11/h3-4,9H,5-8,10H2,1-2H3. The van der Waals surface area contributed by atoms with Crippen LogP contribution in [0.1, 0.15) is 5.82 Å². The van der Waals surface area contributed by atoms with E-state index in [9.17, 15) is 17.2 Å². The average molecular weight is 387 g/mol. The Balaban J connectivity index is 1.69. The first-order chi connectivity index (χ1) is 12.3. The minimum absolute atomic E-state index is 0.317. The molecule has 1 aliphatic heterocycles. The SMILES string of the molecule is CN(C)S(=O)(=O)N1CCN(Cc2nnnn2-c2ccc(F)c(F)c2)CC1. The molecule has 26 heavy (non-hydrogen) atoms. The molecule has 2 heterocycles. The van der Waals surface area contributed by atoms with E-state index in [0.29, 0.717) is 44.2 Å². The van der Waals surface area contributed by atoms with E-state index in [-0.39, 0.29) is 0 Å². The van der Waals surface area contributed by atoms with Gasteiger partial charge >= 0.3 is 0 Å². The van der Waals surface area contributed by atoms with Crippen LogP contribution in [-0.4, -0.2) is 82.4 Å². The van der Waals surface area contributed by atoms with Crippen LogP contribution in [0.2, 0.25) is 0 Å². The summed E-state index contributed by atoms with van der Waals surface area (Å²) in [5.41, 5.74) is 0.317. The summed E-state index contributed by atoms with van der Waals surface area (Å²) in [7, 11) is -0.433. The van der Waals surface area contributed by atoms with Gasteiger partial charge in [0.2, 0.25) is 0 Å². The molecule has 1 aromatic heterocycles. The van der Waals surface area contributed by atoms with Gasteiger partial charge in [-0.25, -0.2) is 8.78 Å². The molecule has 0 amide bonds. The molecule has 0 radical (unpaired) electrons. The monoisotopic (exact) mass is 387 g/mol. The van der Waals surface area contributed by atoms with E-state index in [4.69, 9.17) is 0 Å². The van der Waals surface area contributed by atoms with Crippen molar-refractivity contribution in [3.63, 3.8) is 0 Å². The third kappa shape index (κ3) is 3.72. The highest BCUT2D eigenvalue weighted by Crippen LogP contribution is 2.15. The third-order valence-electron chi connectivity index (χ3n) is 4.17. The van der Waals surface area contributed by atoms with Crippen LogP contribution in [0.3, 0.4) is 0 Å². The summed E-state index contributed by atoms with van der Waals surface area (Å²) in [5.74, 6) is -1.46. The average Bonchev–Trinajstić information content (AvgIpc) is 3.06. The topological polar surface area (TPSA) is 87.5 Å². The number of piperazine rings is 1. The fourth-order valence-corrected chi connectivity index (χ4v) is 3.76. The number of rotatable bonds is 5. The predicted molar refractivity (Wildman–Crippen MR) is 88.5 cm³/mol. The second kappa shape index (κ2) is 7.31. The fourth-order valence-electron chi connectivity index (χ4n) is 2.67. The second-order valence-corrected chi connectivity index (χ2v) is 8.21. The molecule has 3 rings (SSSR count). The molecule has 142 valence electrons. The van der Waals surface area contributed by atoms with Crippen LogP contribution in [0.5, 0.6) is 0 Å². The van der Waals surface area contributed by atoms with Gasteiger partial charge in [0.1, 0.15) is 0 Å². The van der Waals surface area contributed by atoms with Gasteiger partial charge in [0.15, 0.2) is 17.5 Å². The first-order valence-electron chi connectivity index (χ1n) is 7.91. The molecule has 0 N–H and O–H groups in total. The zero-order valence-electron chi connectivity index (χ0n) is 14.4. The Bertz CT molecular complexity index is 879. The molecule has 0 saturated carbocycles. The fraction of sp³-hybridized carbons (Fsp3) is 0.500. The maximum atomic E-state index is 13.4. The van der Waals surface area contributed by atoms with E-state index in [2.05, 4.69) is 15.5 Å². The molecule has 1 aromatic carbocycles. The molecule has 0 bridgehead atoms. The zero-order valence-corrected chi connectivity index (χ0v) is 15.2. The summed E-state index contributed by atoms with van der Waals surface area (Å²) in [6, 6.07) is 3.43. The zero-order chi connectivity index (χ0) is 18.9. The summed E-state index contributed by atoms with van der Waals surface area (Å²) in [5, 5.41) is 11.4. The van der Waals surface area contributed by atoms with Crippen molar-refractivity contribution in [1.82, 2.24) is 33.7 Å². The van der Waals surface area contributed by atoms with Gasteiger partial charge in [0, 0.05) is 46.3 Å². The molecular formula is C14H19F2N7O2S. The highest BCUT2D eigenvalue weighted by Gasteiger charge is 2.29. The van der Waals surface area contributed by atoms with Crippen molar-refractivity contribution < 1.29 is 17.2 Å². The lowest BCUT2D eigenvalue weighted by molar-refractivity contribution is 0.173. The predicted octanol–water partition coefficient (Wildman–Crippen LogP) is -0.135. The number of hydrogen-bond acceptors (Lipinski definition) is 6. The van der Waals surface area contributed by atoms with Crippen molar-refractivity contribution in [2.75, 3.05) is 40.3 Å². The quantitative estimate of drug-likeness (QED) is 0.710. The molecule has 0 atom stereocenters. The van der Waals surface area contributed by atoms with Crippen LogP contribution >= 0.6 is 0 Å². The Labute approximate surface area is 150 Å². The largest absolute Gasteiger partial charge is 0.293 e. The van der Waals surface area contributed by atoms with Crippen molar-refractivity contribution in [3.8, 4) is 5.69 Å². The number of tetrazole rings is 1. The van der Waals surface area contributed by atoms with Crippen LogP contribution in [0.15, 0.2) is 18.2 Å². The van der Waals surface area contributed by atoms with Gasteiger partial charge in [0.25, 0.3) is 10.2 Å². The second-order valence-electron chi connectivity index (χ2n) is 6.07. The molecule has 9 nitrogen and oxygen atoms in total. The minimum atomic E-state index is -3.43. The molecule has 2 aromatic rings. The number of benzene rings is 1. The lowest BCUT2D eigenvalue weighted by Gasteiger charge is -2.34. The van der Waals surface area contributed by atoms with Crippen molar-refractivity contribution in [2.45, 2.75) is 6.54 Å². The van der Waals surface area contributed by atoms with Crippen LogP contribution in [0, 0.1) is 11.6 Å². The lowest BCUT2D eigenvalue weighted by atomic mass is 10.3. The van der Waals surface area contributed by atoms with Crippen molar-refractivity contribution in [1.29, 1.82) is 0 Å².